The van der Waals surface area contributed by atoms with Crippen molar-refractivity contribution < 1.29 is 22.5 Å². The molecule has 0 spiro atoms. The molecule has 3 rings (SSSR count). The number of aromatic nitrogens is 2. The van der Waals surface area contributed by atoms with E-state index < -0.39 is 16.1 Å². The number of nitrogens with zero attached hydrogens (tertiary/aromatic N) is 4. The maximum absolute atomic E-state index is 12.7. The van der Waals surface area contributed by atoms with E-state index in [9.17, 15) is 13.2 Å². The predicted octanol–water partition coefficient (Wildman–Crippen LogP) is 3.21. The minimum Gasteiger partial charge on any atom is -0.481 e. The molecule has 0 aliphatic carbocycles. The van der Waals surface area contributed by atoms with Gasteiger partial charge in [-0.2, -0.15) is 4.98 Å². The monoisotopic (exact) mass is 478 g/mol. The van der Waals surface area contributed by atoms with E-state index in [0.717, 1.165) is 10.6 Å². The summed E-state index contributed by atoms with van der Waals surface area (Å²) in [5, 5.41) is 4.49. The molecule has 3 aromatic rings. The van der Waals surface area contributed by atoms with Gasteiger partial charge in [0.15, 0.2) is 6.10 Å². The normalized spacial score (nSPS) is 12.3. The summed E-state index contributed by atoms with van der Waals surface area (Å²) in [6.07, 6.45) is 0.337. The Morgan fingerprint density at radius 3 is 2.50 bits per heavy atom. The molecule has 11 heteroatoms. The molecular formula is C21H23ClN4O5S. The van der Waals surface area contributed by atoms with Crippen LogP contribution in [0.2, 0.25) is 5.02 Å². The van der Waals surface area contributed by atoms with Gasteiger partial charge in [-0.1, -0.05) is 28.9 Å². The van der Waals surface area contributed by atoms with Crippen molar-refractivity contribution in [1.82, 2.24) is 15.0 Å². The molecule has 0 fully saturated rings. The molecule has 0 aliphatic rings. The SMILES string of the molecule is C[C@@H](Oc1ccc(N(C)S(C)(=O)=O)cc1)C(=O)N(C)Cc1nc(-c2cccc(Cl)c2)no1. The zero-order chi connectivity index (χ0) is 23.5. The molecule has 0 saturated carbocycles. The maximum Gasteiger partial charge on any atom is 0.263 e. The molecule has 1 heterocycles. The Kier molecular flexibility index (Phi) is 7.05. The number of rotatable bonds is 8. The Hall–Kier alpha value is -3.11. The third-order valence-electron chi connectivity index (χ3n) is 4.66. The van der Waals surface area contributed by atoms with Gasteiger partial charge in [-0.25, -0.2) is 8.42 Å². The first kappa shape index (κ1) is 23.6. The lowest BCUT2D eigenvalue weighted by atomic mass is 10.2. The number of carbonyl (C=O) groups is 1. The van der Waals surface area contributed by atoms with E-state index in [4.69, 9.17) is 20.9 Å². The van der Waals surface area contributed by atoms with E-state index in [2.05, 4.69) is 10.1 Å². The molecule has 1 aromatic heterocycles. The fourth-order valence-corrected chi connectivity index (χ4v) is 3.53. The van der Waals surface area contributed by atoms with Crippen molar-refractivity contribution in [3.8, 4) is 17.1 Å². The second-order valence-electron chi connectivity index (χ2n) is 7.20. The summed E-state index contributed by atoms with van der Waals surface area (Å²) in [6.45, 7) is 1.73. The molecule has 32 heavy (non-hydrogen) atoms. The summed E-state index contributed by atoms with van der Waals surface area (Å²) in [5.74, 6) is 0.804. The van der Waals surface area contributed by atoms with E-state index in [1.807, 2.05) is 6.07 Å². The molecule has 0 radical (unpaired) electrons. The van der Waals surface area contributed by atoms with Crippen LogP contribution in [-0.2, 0) is 21.4 Å². The zero-order valence-electron chi connectivity index (χ0n) is 18.0. The standard InChI is InChI=1S/C21H23ClN4O5S/c1-14(30-18-10-8-17(9-11-18)26(3)32(4,28)29)21(27)25(2)13-19-23-20(24-31-19)15-6-5-7-16(22)12-15/h5-12,14H,13H2,1-4H3/t14-/m1/s1. The van der Waals surface area contributed by atoms with Crippen molar-refractivity contribution in [2.24, 2.45) is 0 Å². The molecule has 0 unspecified atom stereocenters. The van der Waals surface area contributed by atoms with Gasteiger partial charge in [-0.15, -0.1) is 0 Å². The number of hydrogen-bond donors (Lipinski definition) is 0. The van der Waals surface area contributed by atoms with Crippen LogP contribution in [0.15, 0.2) is 53.1 Å². The Bertz CT molecular complexity index is 1200. The van der Waals surface area contributed by atoms with Crippen LogP contribution in [0.3, 0.4) is 0 Å². The van der Waals surface area contributed by atoms with Crippen LogP contribution in [0.1, 0.15) is 12.8 Å². The van der Waals surface area contributed by atoms with Crippen LogP contribution in [-0.4, -0.2) is 55.8 Å². The number of hydrogen-bond acceptors (Lipinski definition) is 7. The second kappa shape index (κ2) is 9.58. The van der Waals surface area contributed by atoms with Crippen molar-refractivity contribution >= 4 is 33.2 Å². The van der Waals surface area contributed by atoms with Crippen LogP contribution in [0.4, 0.5) is 5.69 Å². The number of sulfonamides is 1. The Labute approximate surface area is 191 Å². The summed E-state index contributed by atoms with van der Waals surface area (Å²) in [7, 11) is -0.292. The molecule has 0 aliphatic heterocycles. The molecule has 1 atom stereocenters. The van der Waals surface area contributed by atoms with Crippen molar-refractivity contribution in [3.63, 3.8) is 0 Å². The molecule has 9 nitrogen and oxygen atoms in total. The summed E-state index contributed by atoms with van der Waals surface area (Å²) in [6, 6.07) is 13.5. The van der Waals surface area contributed by atoms with E-state index in [0.29, 0.717) is 27.8 Å². The van der Waals surface area contributed by atoms with Gasteiger partial charge in [0.1, 0.15) is 5.75 Å². The minimum absolute atomic E-state index is 0.109. The third kappa shape index (κ3) is 5.77. The van der Waals surface area contributed by atoms with Crippen LogP contribution >= 0.6 is 11.6 Å². The number of anilines is 1. The van der Waals surface area contributed by atoms with Gasteiger partial charge in [-0.3, -0.25) is 9.10 Å². The molecule has 170 valence electrons. The Morgan fingerprint density at radius 1 is 1.19 bits per heavy atom. The van der Waals surface area contributed by atoms with Gasteiger partial charge in [-0.05, 0) is 43.3 Å². The van der Waals surface area contributed by atoms with Gasteiger partial charge < -0.3 is 14.2 Å². The topological polar surface area (TPSA) is 106 Å². The Morgan fingerprint density at radius 2 is 1.88 bits per heavy atom. The number of benzene rings is 2. The number of amides is 1. The molecule has 1 amide bonds. The minimum atomic E-state index is -3.36. The third-order valence-corrected chi connectivity index (χ3v) is 6.10. The lowest BCUT2D eigenvalue weighted by Gasteiger charge is -2.21. The van der Waals surface area contributed by atoms with Crippen LogP contribution in [0.5, 0.6) is 5.75 Å². The highest BCUT2D eigenvalue weighted by atomic mass is 35.5. The molecule has 0 N–H and O–H groups in total. The van der Waals surface area contributed by atoms with Crippen molar-refractivity contribution in [1.29, 1.82) is 0 Å². The quantitative estimate of drug-likeness (QED) is 0.489. The van der Waals surface area contributed by atoms with Crippen LogP contribution in [0.25, 0.3) is 11.4 Å². The molecule has 2 aromatic carbocycles. The van der Waals surface area contributed by atoms with Crippen LogP contribution < -0.4 is 9.04 Å². The first-order valence-corrected chi connectivity index (χ1v) is 11.8. The van der Waals surface area contributed by atoms with E-state index in [1.54, 1.807) is 56.4 Å². The summed E-state index contributed by atoms with van der Waals surface area (Å²) >= 11 is 5.99. The van der Waals surface area contributed by atoms with E-state index in [1.165, 1.54) is 11.9 Å². The number of carbonyl (C=O) groups excluding carboxylic acids is 1. The largest absolute Gasteiger partial charge is 0.481 e. The first-order valence-electron chi connectivity index (χ1n) is 9.58. The predicted molar refractivity (Wildman–Crippen MR) is 121 cm³/mol. The van der Waals surface area contributed by atoms with Crippen LogP contribution in [0, 0.1) is 0 Å². The highest BCUT2D eigenvalue weighted by Crippen LogP contribution is 2.22. The van der Waals surface area contributed by atoms with Gasteiger partial charge in [0.05, 0.1) is 18.5 Å². The van der Waals surface area contributed by atoms with E-state index in [-0.39, 0.29) is 18.3 Å². The lowest BCUT2D eigenvalue weighted by molar-refractivity contribution is -0.137. The van der Waals surface area contributed by atoms with Gasteiger partial charge in [0, 0.05) is 24.7 Å². The first-order chi connectivity index (χ1) is 15.0. The van der Waals surface area contributed by atoms with Crippen molar-refractivity contribution in [2.45, 2.75) is 19.6 Å². The molecule has 0 bridgehead atoms. The highest BCUT2D eigenvalue weighted by molar-refractivity contribution is 7.92. The maximum atomic E-state index is 12.7. The molecule has 0 saturated heterocycles. The van der Waals surface area contributed by atoms with Crippen molar-refractivity contribution in [2.75, 3.05) is 24.7 Å². The summed E-state index contributed by atoms with van der Waals surface area (Å²) < 4.78 is 35.4. The summed E-state index contributed by atoms with van der Waals surface area (Å²) in [5.41, 5.74) is 1.20. The Balaban J connectivity index is 1.60. The smallest absolute Gasteiger partial charge is 0.263 e. The fourth-order valence-electron chi connectivity index (χ4n) is 2.84. The number of ether oxygens (including phenoxy) is 1. The summed E-state index contributed by atoms with van der Waals surface area (Å²) in [4.78, 5) is 18.4. The average molecular weight is 479 g/mol. The van der Waals surface area contributed by atoms with Gasteiger partial charge >= 0.3 is 0 Å². The fraction of sp³-hybridized carbons (Fsp3) is 0.286. The van der Waals surface area contributed by atoms with Gasteiger partial charge in [0.25, 0.3) is 5.91 Å². The second-order valence-corrected chi connectivity index (χ2v) is 9.65. The lowest BCUT2D eigenvalue weighted by Crippen LogP contribution is -2.37. The molecular weight excluding hydrogens is 456 g/mol. The number of likely N-dealkylation sites (N-methyl/N-ethyl adjacent to an activating group) is 1. The van der Waals surface area contributed by atoms with Gasteiger partial charge in [0.2, 0.25) is 21.7 Å². The highest BCUT2D eigenvalue weighted by Gasteiger charge is 2.22. The number of halogens is 1. The zero-order valence-corrected chi connectivity index (χ0v) is 19.6. The average Bonchev–Trinajstić information content (AvgIpc) is 3.21. The van der Waals surface area contributed by atoms with Crippen molar-refractivity contribution in [3.05, 3.63) is 59.4 Å². The van der Waals surface area contributed by atoms with E-state index >= 15 is 0 Å².